The third-order valence-electron chi connectivity index (χ3n) is 3.15. The van der Waals surface area contributed by atoms with Crippen molar-refractivity contribution in [3.8, 4) is 0 Å². The van der Waals surface area contributed by atoms with E-state index < -0.39 is 5.97 Å². The maximum atomic E-state index is 11.5. The normalized spacial score (nSPS) is 10.7. The first-order valence-corrected chi connectivity index (χ1v) is 6.43. The molecule has 3 aromatic rings. The molecular weight excluding hydrogens is 268 g/mol. The Bertz CT molecular complexity index is 810. The lowest BCUT2D eigenvalue weighted by molar-refractivity contribution is 0.0594. The highest BCUT2D eigenvalue weighted by atomic mass is 16.5. The van der Waals surface area contributed by atoms with E-state index in [9.17, 15) is 4.79 Å². The van der Waals surface area contributed by atoms with Crippen molar-refractivity contribution < 1.29 is 9.53 Å². The van der Waals surface area contributed by atoms with Gasteiger partial charge in [0.25, 0.3) is 0 Å². The summed E-state index contributed by atoms with van der Waals surface area (Å²) in [5.74, 6) is -0.544. The Morgan fingerprint density at radius 3 is 2.90 bits per heavy atom. The number of rotatable bonds is 3. The van der Waals surface area contributed by atoms with Crippen molar-refractivity contribution in [2.45, 2.75) is 6.54 Å². The number of carbonyl (C=O) groups is 1. The molecule has 21 heavy (non-hydrogen) atoms. The zero-order valence-corrected chi connectivity index (χ0v) is 11.5. The van der Waals surface area contributed by atoms with Crippen molar-refractivity contribution in [2.75, 3.05) is 12.8 Å². The van der Waals surface area contributed by atoms with Crippen LogP contribution in [0.1, 0.15) is 16.2 Å². The van der Waals surface area contributed by atoms with Crippen LogP contribution in [0.4, 0.5) is 5.69 Å². The Hall–Kier alpha value is -2.89. The maximum Gasteiger partial charge on any atom is 0.360 e. The molecule has 2 aromatic heterocycles. The minimum Gasteiger partial charge on any atom is -0.464 e. The number of para-hydroxylation sites is 1. The Labute approximate surface area is 121 Å². The summed E-state index contributed by atoms with van der Waals surface area (Å²) in [5, 5.41) is 5.21. The maximum absolute atomic E-state index is 11.5. The van der Waals surface area contributed by atoms with Crippen molar-refractivity contribution in [2.24, 2.45) is 0 Å². The molecule has 0 aliphatic heterocycles. The smallest absolute Gasteiger partial charge is 0.360 e. The third-order valence-corrected chi connectivity index (χ3v) is 3.15. The number of esters is 1. The largest absolute Gasteiger partial charge is 0.464 e. The van der Waals surface area contributed by atoms with Crippen LogP contribution in [0.3, 0.4) is 0 Å². The Morgan fingerprint density at radius 2 is 2.10 bits per heavy atom. The molecule has 0 fully saturated rings. The molecule has 0 aliphatic rings. The zero-order chi connectivity index (χ0) is 14.8. The number of nitrogens with zero attached hydrogens (tertiary/aromatic N) is 3. The number of anilines is 1. The van der Waals surface area contributed by atoms with Crippen LogP contribution in [-0.4, -0.2) is 27.8 Å². The molecule has 0 unspecified atom stereocenters. The van der Waals surface area contributed by atoms with Gasteiger partial charge < -0.3 is 10.5 Å². The summed E-state index contributed by atoms with van der Waals surface area (Å²) in [6.07, 6.45) is 1.60. The molecule has 0 atom stereocenters. The van der Waals surface area contributed by atoms with Crippen LogP contribution in [-0.2, 0) is 11.3 Å². The number of methoxy groups -OCH3 is 1. The van der Waals surface area contributed by atoms with Gasteiger partial charge in [-0.05, 0) is 12.1 Å². The molecule has 6 nitrogen and oxygen atoms in total. The number of carbonyl (C=O) groups excluding carboxylic acids is 1. The number of hydrogen-bond acceptors (Lipinski definition) is 5. The van der Waals surface area contributed by atoms with Crippen molar-refractivity contribution in [1.29, 1.82) is 0 Å². The van der Waals surface area contributed by atoms with Crippen LogP contribution in [0.5, 0.6) is 0 Å². The lowest BCUT2D eigenvalue weighted by Crippen LogP contribution is -2.07. The summed E-state index contributed by atoms with van der Waals surface area (Å²) < 4.78 is 6.21. The highest BCUT2D eigenvalue weighted by Gasteiger charge is 2.15. The van der Waals surface area contributed by atoms with Crippen molar-refractivity contribution >= 4 is 22.6 Å². The molecule has 3 rings (SSSR count). The fraction of sp³-hybridized carbons (Fsp3) is 0.133. The van der Waals surface area contributed by atoms with Gasteiger partial charge >= 0.3 is 5.97 Å². The molecule has 106 valence electrons. The monoisotopic (exact) mass is 282 g/mol. The van der Waals surface area contributed by atoms with Crippen LogP contribution in [0.2, 0.25) is 0 Å². The van der Waals surface area contributed by atoms with Crippen LogP contribution < -0.4 is 5.73 Å². The Balaban J connectivity index is 1.89. The van der Waals surface area contributed by atoms with Gasteiger partial charge in [0.2, 0.25) is 0 Å². The van der Waals surface area contributed by atoms with Gasteiger partial charge in [0.05, 0.1) is 30.6 Å². The minimum atomic E-state index is -0.544. The SMILES string of the molecule is COC(=O)c1nn(Cc2ccc3ccccc3n2)cc1N. The van der Waals surface area contributed by atoms with Gasteiger partial charge in [-0.25, -0.2) is 4.79 Å². The zero-order valence-electron chi connectivity index (χ0n) is 11.5. The molecule has 2 N–H and O–H groups in total. The molecule has 0 bridgehead atoms. The van der Waals surface area contributed by atoms with Crippen molar-refractivity contribution in [1.82, 2.24) is 14.8 Å². The predicted molar refractivity (Wildman–Crippen MR) is 78.8 cm³/mol. The fourth-order valence-corrected chi connectivity index (χ4v) is 2.14. The van der Waals surface area contributed by atoms with E-state index in [1.165, 1.54) is 7.11 Å². The standard InChI is InChI=1S/C15H14N4O2/c1-21-15(20)14-12(16)9-19(18-14)8-11-7-6-10-4-2-3-5-13(10)17-11/h2-7,9H,8,16H2,1H3. The number of nitrogen functional groups attached to an aromatic ring is 1. The second-order valence-electron chi connectivity index (χ2n) is 4.62. The van der Waals surface area contributed by atoms with Crippen molar-refractivity contribution in [3.05, 3.63) is 54.0 Å². The summed E-state index contributed by atoms with van der Waals surface area (Å²) in [6, 6.07) is 11.8. The van der Waals surface area contributed by atoms with E-state index >= 15 is 0 Å². The van der Waals surface area contributed by atoms with Crippen LogP contribution in [0, 0.1) is 0 Å². The summed E-state index contributed by atoms with van der Waals surface area (Å²) in [5.41, 5.74) is 7.94. The molecular formula is C15H14N4O2. The second-order valence-corrected chi connectivity index (χ2v) is 4.62. The summed E-state index contributed by atoms with van der Waals surface area (Å²) in [4.78, 5) is 16.0. The number of aromatic nitrogens is 3. The van der Waals surface area contributed by atoms with Gasteiger partial charge in [0, 0.05) is 11.6 Å². The lowest BCUT2D eigenvalue weighted by atomic mass is 10.2. The van der Waals surface area contributed by atoms with Crippen molar-refractivity contribution in [3.63, 3.8) is 0 Å². The first kappa shape index (κ1) is 13.1. The molecule has 0 radical (unpaired) electrons. The minimum absolute atomic E-state index is 0.123. The molecule has 2 heterocycles. The van der Waals surface area contributed by atoms with Gasteiger partial charge in [-0.3, -0.25) is 9.67 Å². The quantitative estimate of drug-likeness (QED) is 0.741. The molecule has 0 spiro atoms. The van der Waals surface area contributed by atoms with Crippen LogP contribution in [0.15, 0.2) is 42.6 Å². The first-order valence-electron chi connectivity index (χ1n) is 6.43. The second kappa shape index (κ2) is 5.24. The van der Waals surface area contributed by atoms with Gasteiger partial charge in [0.1, 0.15) is 0 Å². The number of benzene rings is 1. The number of ether oxygens (including phenoxy) is 1. The predicted octanol–water partition coefficient (Wildman–Crippen LogP) is 1.85. The third kappa shape index (κ3) is 2.55. The van der Waals surface area contributed by atoms with E-state index in [1.807, 2.05) is 36.4 Å². The van der Waals surface area contributed by atoms with E-state index in [0.717, 1.165) is 16.6 Å². The molecule has 0 saturated carbocycles. The van der Waals surface area contributed by atoms with E-state index in [2.05, 4.69) is 14.8 Å². The fourth-order valence-electron chi connectivity index (χ4n) is 2.14. The highest BCUT2D eigenvalue weighted by molar-refractivity contribution is 5.92. The highest BCUT2D eigenvalue weighted by Crippen LogP contribution is 2.14. The van der Waals surface area contributed by atoms with Gasteiger partial charge in [-0.1, -0.05) is 24.3 Å². The molecule has 6 heteroatoms. The molecule has 0 saturated heterocycles. The van der Waals surface area contributed by atoms with Crippen LogP contribution in [0.25, 0.3) is 10.9 Å². The number of pyridine rings is 1. The molecule has 1 aromatic carbocycles. The lowest BCUT2D eigenvalue weighted by Gasteiger charge is -2.03. The Kier molecular flexibility index (Phi) is 3.27. The topological polar surface area (TPSA) is 83.0 Å². The molecule has 0 aliphatic carbocycles. The Morgan fingerprint density at radius 1 is 1.29 bits per heavy atom. The van der Waals surface area contributed by atoms with E-state index in [4.69, 9.17) is 5.73 Å². The van der Waals surface area contributed by atoms with Gasteiger partial charge in [-0.2, -0.15) is 5.10 Å². The number of fused-ring (bicyclic) bond motifs is 1. The van der Waals surface area contributed by atoms with E-state index in [-0.39, 0.29) is 5.69 Å². The number of hydrogen-bond donors (Lipinski definition) is 1. The van der Waals surface area contributed by atoms with E-state index in [1.54, 1.807) is 10.9 Å². The summed E-state index contributed by atoms with van der Waals surface area (Å²) in [7, 11) is 1.30. The van der Waals surface area contributed by atoms with E-state index in [0.29, 0.717) is 12.2 Å². The van der Waals surface area contributed by atoms with Gasteiger partial charge in [0.15, 0.2) is 5.69 Å². The summed E-state index contributed by atoms with van der Waals surface area (Å²) >= 11 is 0. The van der Waals surface area contributed by atoms with Crippen LogP contribution >= 0.6 is 0 Å². The summed E-state index contributed by atoms with van der Waals surface area (Å²) in [6.45, 7) is 0.437. The first-order chi connectivity index (χ1) is 10.2. The number of nitrogens with two attached hydrogens (primary N) is 1. The van der Waals surface area contributed by atoms with Gasteiger partial charge in [-0.15, -0.1) is 0 Å². The molecule has 0 amide bonds. The average Bonchev–Trinajstić information content (AvgIpc) is 2.87. The average molecular weight is 282 g/mol.